The molecule has 0 aliphatic heterocycles. The Morgan fingerprint density at radius 3 is 1.32 bits per heavy atom. The maximum Gasteiger partial charge on any atom is 0.0801 e. The third kappa shape index (κ3) is 4.92. The number of aliphatic hydroxyl groups is 4. The van der Waals surface area contributed by atoms with Crippen LogP contribution in [0, 0.1) is 23.7 Å². The zero-order valence-corrected chi connectivity index (χ0v) is 14.1. The first-order chi connectivity index (χ1) is 10.4. The summed E-state index contributed by atoms with van der Waals surface area (Å²) >= 11 is 0. The number of hydrogen-bond acceptors (Lipinski definition) is 4. The molecule has 0 heterocycles. The van der Waals surface area contributed by atoms with Crippen LogP contribution in [0.2, 0.25) is 0 Å². The lowest BCUT2D eigenvalue weighted by Crippen LogP contribution is -2.35. The summed E-state index contributed by atoms with van der Waals surface area (Å²) in [5.41, 5.74) is 0. The van der Waals surface area contributed by atoms with E-state index in [2.05, 4.69) is 13.8 Å². The highest BCUT2D eigenvalue weighted by molar-refractivity contribution is 4.83. The van der Waals surface area contributed by atoms with Crippen molar-refractivity contribution in [3.63, 3.8) is 0 Å². The minimum atomic E-state index is -0.545. The molecule has 0 saturated heterocycles. The lowest BCUT2D eigenvalue weighted by atomic mass is 9.74. The summed E-state index contributed by atoms with van der Waals surface area (Å²) in [5.74, 6) is 2.23. The number of hydrogen-bond donors (Lipinski definition) is 4. The van der Waals surface area contributed by atoms with Gasteiger partial charge in [-0.15, -0.1) is 0 Å². The van der Waals surface area contributed by atoms with Crippen LogP contribution in [-0.2, 0) is 0 Å². The van der Waals surface area contributed by atoms with Gasteiger partial charge in [0, 0.05) is 0 Å². The van der Waals surface area contributed by atoms with E-state index < -0.39 is 24.4 Å². The van der Waals surface area contributed by atoms with Crippen LogP contribution in [-0.4, -0.2) is 44.8 Å². The smallest absolute Gasteiger partial charge is 0.0801 e. The number of aliphatic hydroxyl groups excluding tert-OH is 4. The molecule has 6 unspecified atom stereocenters. The minimum Gasteiger partial charge on any atom is -0.390 e. The maximum atomic E-state index is 9.81. The molecule has 2 aliphatic carbocycles. The Morgan fingerprint density at radius 1 is 0.636 bits per heavy atom. The molecular formula is C18H34O4. The van der Waals surface area contributed by atoms with Gasteiger partial charge in [-0.05, 0) is 75.0 Å². The van der Waals surface area contributed by atoms with Crippen molar-refractivity contribution >= 4 is 0 Å². The predicted molar refractivity (Wildman–Crippen MR) is 86.3 cm³/mol. The van der Waals surface area contributed by atoms with E-state index in [1.807, 2.05) is 0 Å². The van der Waals surface area contributed by atoms with Crippen molar-refractivity contribution < 1.29 is 20.4 Å². The SMILES string of the molecule is C[C@H](CC1CCC(O)C(O)C1)[C@@H](C)CC1CCC(O)C(O)C1. The van der Waals surface area contributed by atoms with E-state index in [9.17, 15) is 20.4 Å². The second-order valence-corrected chi connectivity index (χ2v) is 8.05. The molecule has 2 rings (SSSR count). The largest absolute Gasteiger partial charge is 0.390 e. The van der Waals surface area contributed by atoms with Crippen molar-refractivity contribution in [3.05, 3.63) is 0 Å². The molecule has 130 valence electrons. The summed E-state index contributed by atoms with van der Waals surface area (Å²) in [6.45, 7) is 4.58. The highest BCUT2D eigenvalue weighted by Crippen LogP contribution is 2.36. The predicted octanol–water partition coefficient (Wildman–Crippen LogP) is 2.08. The molecule has 0 spiro atoms. The summed E-state index contributed by atoms with van der Waals surface area (Å²) in [4.78, 5) is 0. The van der Waals surface area contributed by atoms with E-state index >= 15 is 0 Å². The molecule has 22 heavy (non-hydrogen) atoms. The second kappa shape index (κ2) is 8.09. The van der Waals surface area contributed by atoms with E-state index in [1.165, 1.54) is 0 Å². The third-order valence-corrected chi connectivity index (χ3v) is 6.16. The average Bonchev–Trinajstić information content (AvgIpc) is 2.46. The highest BCUT2D eigenvalue weighted by atomic mass is 16.3. The Bertz CT molecular complexity index is 303. The zero-order valence-electron chi connectivity index (χ0n) is 14.1. The highest BCUT2D eigenvalue weighted by Gasteiger charge is 2.32. The molecule has 4 nitrogen and oxygen atoms in total. The Labute approximate surface area is 134 Å². The molecule has 0 amide bonds. The van der Waals surface area contributed by atoms with E-state index in [0.29, 0.717) is 23.7 Å². The van der Waals surface area contributed by atoms with Gasteiger partial charge in [-0.1, -0.05) is 13.8 Å². The van der Waals surface area contributed by atoms with Crippen LogP contribution >= 0.6 is 0 Å². The first kappa shape index (κ1) is 18.2. The molecule has 2 saturated carbocycles. The summed E-state index contributed by atoms with van der Waals surface area (Å²) in [5, 5.41) is 38.8. The molecule has 0 bridgehead atoms. The van der Waals surface area contributed by atoms with Gasteiger partial charge in [0.15, 0.2) is 0 Å². The van der Waals surface area contributed by atoms with Gasteiger partial charge in [-0.3, -0.25) is 0 Å². The summed E-state index contributed by atoms with van der Waals surface area (Å²) < 4.78 is 0. The monoisotopic (exact) mass is 314 g/mol. The van der Waals surface area contributed by atoms with Crippen molar-refractivity contribution in [2.24, 2.45) is 23.7 Å². The Kier molecular flexibility index (Phi) is 6.69. The van der Waals surface area contributed by atoms with Crippen molar-refractivity contribution in [3.8, 4) is 0 Å². The number of rotatable bonds is 5. The van der Waals surface area contributed by atoms with Gasteiger partial charge in [0.1, 0.15) is 0 Å². The van der Waals surface area contributed by atoms with Gasteiger partial charge in [-0.25, -0.2) is 0 Å². The molecule has 0 radical (unpaired) electrons. The van der Waals surface area contributed by atoms with E-state index in [-0.39, 0.29) is 0 Å². The molecule has 4 heteroatoms. The molecular weight excluding hydrogens is 280 g/mol. The van der Waals surface area contributed by atoms with Gasteiger partial charge < -0.3 is 20.4 Å². The Morgan fingerprint density at radius 2 is 1.00 bits per heavy atom. The quantitative estimate of drug-likeness (QED) is 0.626. The third-order valence-electron chi connectivity index (χ3n) is 6.16. The minimum absolute atomic E-state index is 0.523. The van der Waals surface area contributed by atoms with Crippen molar-refractivity contribution in [1.29, 1.82) is 0 Å². The van der Waals surface area contributed by atoms with Gasteiger partial charge in [0.2, 0.25) is 0 Å². The molecule has 0 aromatic carbocycles. The fraction of sp³-hybridized carbons (Fsp3) is 1.00. The molecule has 2 fully saturated rings. The van der Waals surface area contributed by atoms with Crippen LogP contribution in [0.25, 0.3) is 0 Å². The molecule has 0 aromatic rings. The van der Waals surface area contributed by atoms with Gasteiger partial charge >= 0.3 is 0 Å². The van der Waals surface area contributed by atoms with Crippen molar-refractivity contribution in [1.82, 2.24) is 0 Å². The standard InChI is InChI=1S/C18H34O4/c1-11(7-13-3-5-15(19)17(21)9-13)12(2)8-14-4-6-16(20)18(22)10-14/h11-22H,3-10H2,1-2H3/t11-,12+,13?,14?,15?,16?,17?,18?. The Balaban J connectivity index is 1.74. The lowest BCUT2D eigenvalue weighted by Gasteiger charge is -2.35. The van der Waals surface area contributed by atoms with Crippen LogP contribution in [0.4, 0.5) is 0 Å². The molecule has 8 atom stereocenters. The van der Waals surface area contributed by atoms with Gasteiger partial charge in [-0.2, -0.15) is 0 Å². The first-order valence-corrected chi connectivity index (χ1v) is 9.09. The van der Waals surface area contributed by atoms with Gasteiger partial charge in [0.05, 0.1) is 24.4 Å². The van der Waals surface area contributed by atoms with Crippen LogP contribution in [0.15, 0.2) is 0 Å². The Hall–Kier alpha value is -0.160. The van der Waals surface area contributed by atoms with E-state index in [1.54, 1.807) is 0 Å². The fourth-order valence-corrected chi connectivity index (χ4v) is 4.37. The fourth-order valence-electron chi connectivity index (χ4n) is 4.37. The van der Waals surface area contributed by atoms with Crippen molar-refractivity contribution in [2.45, 2.75) is 89.6 Å². The molecule has 0 aromatic heterocycles. The topological polar surface area (TPSA) is 80.9 Å². The average molecular weight is 314 g/mol. The second-order valence-electron chi connectivity index (χ2n) is 8.05. The van der Waals surface area contributed by atoms with Crippen LogP contribution in [0.1, 0.15) is 65.2 Å². The van der Waals surface area contributed by atoms with Crippen LogP contribution < -0.4 is 0 Å². The molecule has 4 N–H and O–H groups in total. The lowest BCUT2D eigenvalue weighted by molar-refractivity contribution is -0.0336. The molecule has 2 aliphatic rings. The summed E-state index contributed by atoms with van der Waals surface area (Å²) in [6, 6.07) is 0. The zero-order chi connectivity index (χ0) is 16.3. The van der Waals surface area contributed by atoms with Crippen LogP contribution in [0.3, 0.4) is 0 Å². The summed E-state index contributed by atoms with van der Waals surface area (Å²) in [6.07, 6.45) is 5.02. The normalized spacial score (nSPS) is 42.8. The first-order valence-electron chi connectivity index (χ1n) is 9.09. The van der Waals surface area contributed by atoms with Gasteiger partial charge in [0.25, 0.3) is 0 Å². The van der Waals surface area contributed by atoms with E-state index in [0.717, 1.165) is 51.4 Å². The van der Waals surface area contributed by atoms with Crippen molar-refractivity contribution in [2.75, 3.05) is 0 Å². The maximum absolute atomic E-state index is 9.81. The van der Waals surface area contributed by atoms with E-state index in [4.69, 9.17) is 0 Å². The summed E-state index contributed by atoms with van der Waals surface area (Å²) in [7, 11) is 0. The van der Waals surface area contributed by atoms with Crippen LogP contribution in [0.5, 0.6) is 0 Å².